The number of aryl methyl sites for hydroxylation is 1. The monoisotopic (exact) mass is 562 g/mol. The maximum Gasteiger partial charge on any atom is 0.416 e. The quantitative estimate of drug-likeness (QED) is 0.324. The molecule has 0 aliphatic carbocycles. The number of rotatable bonds is 7. The molecule has 9 heteroatoms. The van der Waals surface area contributed by atoms with Gasteiger partial charge in [0, 0.05) is 35.9 Å². The second-order valence-corrected chi connectivity index (χ2v) is 13.0. The van der Waals surface area contributed by atoms with Gasteiger partial charge in [0.1, 0.15) is 0 Å². The van der Waals surface area contributed by atoms with E-state index in [1.54, 1.807) is 0 Å². The van der Waals surface area contributed by atoms with Gasteiger partial charge in [-0.3, -0.25) is 0 Å². The zero-order chi connectivity index (χ0) is 27.5. The van der Waals surface area contributed by atoms with Crippen LogP contribution in [0, 0.1) is 12.8 Å². The van der Waals surface area contributed by atoms with E-state index in [1.165, 1.54) is 33.4 Å². The molecule has 0 spiro atoms. The summed E-state index contributed by atoms with van der Waals surface area (Å²) in [5.74, 6) is 0.326. The topological polar surface area (TPSA) is 49.7 Å². The first-order valence-electron chi connectivity index (χ1n) is 12.8. The van der Waals surface area contributed by atoms with Crippen LogP contribution < -0.4 is 0 Å². The minimum Gasteiger partial charge on any atom is -0.215 e. The number of hydrogen-bond donors (Lipinski definition) is 0. The molecule has 0 bridgehead atoms. The molecule has 2 heterocycles. The molecule has 4 nitrogen and oxygen atoms in total. The maximum absolute atomic E-state index is 13.3. The van der Waals surface area contributed by atoms with E-state index in [-0.39, 0.29) is 10.9 Å². The van der Waals surface area contributed by atoms with E-state index >= 15 is 0 Å². The van der Waals surface area contributed by atoms with Gasteiger partial charge in [-0.25, -0.2) is 12.8 Å². The Morgan fingerprint density at radius 1 is 1.11 bits per heavy atom. The fourth-order valence-electron chi connectivity index (χ4n) is 4.90. The van der Waals surface area contributed by atoms with Crippen molar-refractivity contribution in [3.05, 3.63) is 88.4 Å². The number of benzene rings is 2. The number of nitrogens with zero attached hydrogens (tertiary/aromatic N) is 2. The smallest absolute Gasteiger partial charge is 0.215 e. The van der Waals surface area contributed by atoms with E-state index in [1.807, 2.05) is 6.92 Å². The molecular formula is C29H33F3N2O2S2. The minimum atomic E-state index is -4.59. The van der Waals surface area contributed by atoms with Crippen molar-refractivity contribution in [3.8, 4) is 0 Å². The molecular weight excluding hydrogens is 529 g/mol. The summed E-state index contributed by atoms with van der Waals surface area (Å²) in [6.07, 6.45) is 2.20. The highest BCUT2D eigenvalue weighted by Gasteiger charge is 2.35. The van der Waals surface area contributed by atoms with Crippen LogP contribution in [0.2, 0.25) is 0 Å². The normalized spacial score (nSPS) is 21.6. The van der Waals surface area contributed by atoms with Crippen LogP contribution in [0.4, 0.5) is 13.2 Å². The summed E-state index contributed by atoms with van der Waals surface area (Å²) in [5, 5.41) is 0. The molecule has 1 saturated heterocycles. The average Bonchev–Trinajstić information content (AvgIpc) is 3.06. The zero-order valence-electron chi connectivity index (χ0n) is 21.7. The Balaban J connectivity index is 1.34. The Morgan fingerprint density at radius 3 is 2.53 bits per heavy atom. The third-order valence-corrected chi connectivity index (χ3v) is 10.2. The number of halogens is 3. The van der Waals surface area contributed by atoms with Gasteiger partial charge >= 0.3 is 6.18 Å². The predicted molar refractivity (Wildman–Crippen MR) is 149 cm³/mol. The molecule has 204 valence electrons. The van der Waals surface area contributed by atoms with Gasteiger partial charge < -0.3 is 0 Å². The lowest BCUT2D eigenvalue weighted by atomic mass is 9.94. The molecule has 0 N–H and O–H groups in total. The lowest BCUT2D eigenvalue weighted by Gasteiger charge is -2.26. The standard InChI is InChI=1S/C29H33F3N2O2S2/c1-20-7-10-24(11-8-20)18-28-21(2)17-26(37-33-28)14-13-23-12-9-22(3)34(16-15-23)38(35,36)27-6-4-5-25(19-27)29(30,31)32/h4-8,10-11,17,19,22-23H,2,9,12-16,18H2,1,3H3. The molecule has 0 amide bonds. The first-order chi connectivity index (χ1) is 17.9. The van der Waals surface area contributed by atoms with Crippen LogP contribution in [0.1, 0.15) is 55.7 Å². The number of sulfonamides is 1. The predicted octanol–water partition coefficient (Wildman–Crippen LogP) is 7.76. The van der Waals surface area contributed by atoms with Gasteiger partial charge in [-0.1, -0.05) is 42.5 Å². The Hall–Kier alpha value is -2.36. The van der Waals surface area contributed by atoms with Crippen molar-refractivity contribution in [1.29, 1.82) is 0 Å². The lowest BCUT2D eigenvalue weighted by Crippen LogP contribution is -2.38. The van der Waals surface area contributed by atoms with Gasteiger partial charge in [0.05, 0.1) is 16.2 Å². The van der Waals surface area contributed by atoms with Crippen molar-refractivity contribution >= 4 is 27.7 Å². The Kier molecular flexibility index (Phi) is 8.89. The van der Waals surface area contributed by atoms with Crippen LogP contribution in [0.15, 0.2) is 81.0 Å². The Labute approximate surface area is 227 Å². The molecule has 2 aromatic rings. The van der Waals surface area contributed by atoms with Gasteiger partial charge in [-0.15, -0.1) is 0 Å². The minimum absolute atomic E-state index is 0.281. The van der Waals surface area contributed by atoms with Crippen LogP contribution in [0.25, 0.3) is 0 Å². The third-order valence-electron chi connectivity index (χ3n) is 7.28. The largest absolute Gasteiger partial charge is 0.416 e. The Bertz CT molecular complexity index is 1330. The van der Waals surface area contributed by atoms with E-state index in [2.05, 4.69) is 43.8 Å². The van der Waals surface area contributed by atoms with Crippen molar-refractivity contribution in [2.24, 2.45) is 10.3 Å². The lowest BCUT2D eigenvalue weighted by molar-refractivity contribution is -0.137. The fraction of sp³-hybridized carbons (Fsp3) is 0.414. The van der Waals surface area contributed by atoms with Crippen LogP contribution in [-0.2, 0) is 22.6 Å². The molecule has 4 rings (SSSR count). The number of hydrogen-bond acceptors (Lipinski definition) is 4. The van der Waals surface area contributed by atoms with Crippen LogP contribution in [0.5, 0.6) is 0 Å². The van der Waals surface area contributed by atoms with Crippen molar-refractivity contribution in [2.75, 3.05) is 6.54 Å². The van der Waals surface area contributed by atoms with E-state index < -0.39 is 21.8 Å². The first-order valence-corrected chi connectivity index (χ1v) is 15.0. The summed E-state index contributed by atoms with van der Waals surface area (Å²) >= 11 is 1.49. The molecule has 2 aromatic carbocycles. The van der Waals surface area contributed by atoms with Crippen molar-refractivity contribution in [2.45, 2.75) is 69.5 Å². The summed E-state index contributed by atoms with van der Waals surface area (Å²) < 4.78 is 72.1. The van der Waals surface area contributed by atoms with Crippen molar-refractivity contribution in [1.82, 2.24) is 4.31 Å². The second kappa shape index (κ2) is 11.8. The highest BCUT2D eigenvalue weighted by molar-refractivity contribution is 8.02. The highest BCUT2D eigenvalue weighted by Crippen LogP contribution is 2.36. The molecule has 0 aromatic heterocycles. The number of alkyl halides is 3. The molecule has 2 atom stereocenters. The maximum atomic E-state index is 13.3. The molecule has 0 radical (unpaired) electrons. The van der Waals surface area contributed by atoms with Gasteiger partial charge in [-0.2, -0.15) is 17.5 Å². The summed E-state index contributed by atoms with van der Waals surface area (Å²) in [6.45, 7) is 8.39. The molecule has 0 saturated carbocycles. The molecule has 2 aliphatic heterocycles. The van der Waals surface area contributed by atoms with Gasteiger partial charge in [-0.05, 0) is 87.3 Å². The molecule has 2 unspecified atom stereocenters. The SMILES string of the molecule is C=C1C=C(CCC2CCC(C)N(S(=O)(=O)c3cccc(C(F)(F)F)c3)CC2)SN=C1Cc1ccc(C)cc1. The van der Waals surface area contributed by atoms with Gasteiger partial charge in [0.25, 0.3) is 0 Å². The summed E-state index contributed by atoms with van der Waals surface area (Å²) in [5.41, 5.74) is 3.36. The second-order valence-electron chi connectivity index (χ2n) is 10.2. The summed E-state index contributed by atoms with van der Waals surface area (Å²) in [7, 11) is -4.03. The average molecular weight is 563 g/mol. The molecule has 38 heavy (non-hydrogen) atoms. The Morgan fingerprint density at radius 2 is 1.84 bits per heavy atom. The van der Waals surface area contributed by atoms with E-state index in [0.29, 0.717) is 25.3 Å². The summed E-state index contributed by atoms with van der Waals surface area (Å²) in [6, 6.07) is 12.1. The van der Waals surface area contributed by atoms with E-state index in [4.69, 9.17) is 4.40 Å². The molecule has 1 fully saturated rings. The van der Waals surface area contributed by atoms with E-state index in [9.17, 15) is 21.6 Å². The summed E-state index contributed by atoms with van der Waals surface area (Å²) in [4.78, 5) is 0.840. The van der Waals surface area contributed by atoms with Crippen LogP contribution in [-0.4, -0.2) is 31.0 Å². The van der Waals surface area contributed by atoms with Gasteiger partial charge in [0.2, 0.25) is 10.0 Å². The number of allylic oxidation sites excluding steroid dienone is 3. The van der Waals surface area contributed by atoms with Crippen LogP contribution in [0.3, 0.4) is 0 Å². The van der Waals surface area contributed by atoms with Crippen LogP contribution >= 0.6 is 11.9 Å². The van der Waals surface area contributed by atoms with Crippen molar-refractivity contribution < 1.29 is 21.6 Å². The van der Waals surface area contributed by atoms with Crippen molar-refractivity contribution in [3.63, 3.8) is 0 Å². The fourth-order valence-corrected chi connectivity index (χ4v) is 7.43. The highest BCUT2D eigenvalue weighted by atomic mass is 32.2. The first kappa shape index (κ1) is 28.6. The van der Waals surface area contributed by atoms with Gasteiger partial charge in [0.15, 0.2) is 0 Å². The third kappa shape index (κ3) is 6.98. The van der Waals surface area contributed by atoms with E-state index in [0.717, 1.165) is 60.1 Å². The molecule has 2 aliphatic rings. The zero-order valence-corrected chi connectivity index (χ0v) is 23.3.